The minimum atomic E-state index is -3.62. The maximum atomic E-state index is 12.9. The highest BCUT2D eigenvalue weighted by atomic mass is 32.2. The molecule has 1 N–H and O–H groups in total. The third-order valence-electron chi connectivity index (χ3n) is 5.08. The number of morpholine rings is 1. The predicted octanol–water partition coefficient (Wildman–Crippen LogP) is 2.42. The van der Waals surface area contributed by atoms with Crippen molar-refractivity contribution < 1.29 is 17.9 Å². The molecule has 0 unspecified atom stereocenters. The van der Waals surface area contributed by atoms with Gasteiger partial charge in [0.2, 0.25) is 10.0 Å². The number of carbonyl (C=O) groups is 1. The number of thioether (sulfide) groups is 1. The molecule has 1 heterocycles. The smallest absolute Gasteiger partial charge is 0.251 e. The van der Waals surface area contributed by atoms with Crippen LogP contribution in [0.4, 0.5) is 0 Å². The lowest BCUT2D eigenvalue weighted by Gasteiger charge is -2.26. The summed E-state index contributed by atoms with van der Waals surface area (Å²) in [5, 5.41) is 3.64. The van der Waals surface area contributed by atoms with E-state index >= 15 is 0 Å². The normalized spacial score (nSPS) is 19.3. The molecule has 0 atom stereocenters. The SMILES string of the molecule is Cc1ccc(C(=O)NCCSC2CCCC2)cc1S(=O)(=O)N1CCOCC1. The first kappa shape index (κ1) is 20.6. The van der Waals surface area contributed by atoms with Gasteiger partial charge in [0.1, 0.15) is 0 Å². The molecule has 3 rings (SSSR count). The predicted molar refractivity (Wildman–Crippen MR) is 108 cm³/mol. The monoisotopic (exact) mass is 412 g/mol. The Labute approximate surface area is 166 Å². The van der Waals surface area contributed by atoms with Gasteiger partial charge in [0.25, 0.3) is 5.91 Å². The van der Waals surface area contributed by atoms with E-state index in [2.05, 4.69) is 5.32 Å². The van der Waals surface area contributed by atoms with E-state index in [4.69, 9.17) is 4.74 Å². The van der Waals surface area contributed by atoms with E-state index in [-0.39, 0.29) is 10.8 Å². The van der Waals surface area contributed by atoms with Crippen LogP contribution in [0.3, 0.4) is 0 Å². The number of benzene rings is 1. The first-order chi connectivity index (χ1) is 13.0. The van der Waals surface area contributed by atoms with Crippen molar-refractivity contribution in [3.63, 3.8) is 0 Å². The number of rotatable bonds is 7. The summed E-state index contributed by atoms with van der Waals surface area (Å²) >= 11 is 1.92. The quantitative estimate of drug-likeness (QED) is 0.696. The van der Waals surface area contributed by atoms with Gasteiger partial charge in [0.15, 0.2) is 0 Å². The lowest BCUT2D eigenvalue weighted by molar-refractivity contribution is 0.0730. The number of amides is 1. The molecule has 1 saturated carbocycles. The number of nitrogens with zero attached hydrogens (tertiary/aromatic N) is 1. The van der Waals surface area contributed by atoms with Crippen LogP contribution >= 0.6 is 11.8 Å². The van der Waals surface area contributed by atoms with Crippen LogP contribution in [0.2, 0.25) is 0 Å². The Morgan fingerprint density at radius 1 is 1.26 bits per heavy atom. The fraction of sp³-hybridized carbons (Fsp3) is 0.632. The van der Waals surface area contributed by atoms with Gasteiger partial charge >= 0.3 is 0 Å². The minimum absolute atomic E-state index is 0.206. The van der Waals surface area contributed by atoms with E-state index in [9.17, 15) is 13.2 Å². The van der Waals surface area contributed by atoms with Crippen LogP contribution in [-0.4, -0.2) is 62.5 Å². The Bertz CT molecular complexity index is 755. The van der Waals surface area contributed by atoms with E-state index in [0.29, 0.717) is 44.0 Å². The molecule has 27 heavy (non-hydrogen) atoms. The second-order valence-electron chi connectivity index (χ2n) is 7.03. The molecule has 2 aliphatic rings. The molecule has 0 bridgehead atoms. The molecular weight excluding hydrogens is 384 g/mol. The third-order valence-corrected chi connectivity index (χ3v) is 8.50. The summed E-state index contributed by atoms with van der Waals surface area (Å²) < 4.78 is 32.5. The average molecular weight is 413 g/mol. The van der Waals surface area contributed by atoms with Gasteiger partial charge in [-0.2, -0.15) is 16.1 Å². The maximum absolute atomic E-state index is 12.9. The van der Waals surface area contributed by atoms with Gasteiger partial charge in [-0.05, 0) is 37.5 Å². The van der Waals surface area contributed by atoms with Crippen molar-refractivity contribution in [3.05, 3.63) is 29.3 Å². The molecule has 2 fully saturated rings. The van der Waals surface area contributed by atoms with Gasteiger partial charge < -0.3 is 10.1 Å². The lowest BCUT2D eigenvalue weighted by atomic mass is 10.1. The number of sulfonamides is 1. The highest BCUT2D eigenvalue weighted by Gasteiger charge is 2.28. The zero-order valence-corrected chi connectivity index (χ0v) is 17.4. The van der Waals surface area contributed by atoms with E-state index in [0.717, 1.165) is 11.0 Å². The summed E-state index contributed by atoms with van der Waals surface area (Å²) in [6.07, 6.45) is 5.18. The molecule has 1 amide bonds. The average Bonchev–Trinajstić information content (AvgIpc) is 3.19. The summed E-state index contributed by atoms with van der Waals surface area (Å²) in [5.41, 5.74) is 1.04. The molecule has 1 aliphatic heterocycles. The van der Waals surface area contributed by atoms with Crippen LogP contribution in [0.25, 0.3) is 0 Å². The highest BCUT2D eigenvalue weighted by Crippen LogP contribution is 2.29. The van der Waals surface area contributed by atoms with Gasteiger partial charge in [0, 0.05) is 36.2 Å². The molecule has 1 aromatic carbocycles. The zero-order chi connectivity index (χ0) is 19.3. The van der Waals surface area contributed by atoms with Crippen molar-refractivity contribution in [2.24, 2.45) is 0 Å². The maximum Gasteiger partial charge on any atom is 0.251 e. The molecule has 8 heteroatoms. The number of hydrogen-bond donors (Lipinski definition) is 1. The van der Waals surface area contributed by atoms with E-state index in [1.54, 1.807) is 19.1 Å². The fourth-order valence-corrected chi connectivity index (χ4v) is 6.37. The zero-order valence-electron chi connectivity index (χ0n) is 15.8. The number of carbonyl (C=O) groups excluding carboxylic acids is 1. The molecule has 6 nitrogen and oxygen atoms in total. The molecular formula is C19H28N2O4S2. The topological polar surface area (TPSA) is 75.7 Å². The second kappa shape index (κ2) is 9.41. The van der Waals surface area contributed by atoms with Crippen molar-refractivity contribution in [1.82, 2.24) is 9.62 Å². The Hall–Kier alpha value is -1.09. The summed E-state index contributed by atoms with van der Waals surface area (Å²) in [5.74, 6) is 0.668. The summed E-state index contributed by atoms with van der Waals surface area (Å²) in [7, 11) is -3.62. The van der Waals surface area contributed by atoms with E-state index in [1.807, 2.05) is 11.8 Å². The number of hydrogen-bond acceptors (Lipinski definition) is 5. The summed E-state index contributed by atoms with van der Waals surface area (Å²) in [6, 6.07) is 4.89. The largest absolute Gasteiger partial charge is 0.379 e. The number of aryl methyl sites for hydroxylation is 1. The lowest BCUT2D eigenvalue weighted by Crippen LogP contribution is -2.41. The first-order valence-electron chi connectivity index (χ1n) is 9.57. The fourth-order valence-electron chi connectivity index (χ4n) is 3.49. The molecule has 1 aliphatic carbocycles. The van der Waals surface area contributed by atoms with Crippen molar-refractivity contribution >= 4 is 27.7 Å². The Kier molecular flexibility index (Phi) is 7.19. The summed E-state index contributed by atoms with van der Waals surface area (Å²) in [6.45, 7) is 3.84. The Balaban J connectivity index is 1.62. The van der Waals surface area contributed by atoms with Crippen molar-refractivity contribution in [2.75, 3.05) is 38.6 Å². The van der Waals surface area contributed by atoms with Gasteiger partial charge in [0.05, 0.1) is 18.1 Å². The molecule has 0 aromatic heterocycles. The van der Waals surface area contributed by atoms with Crippen LogP contribution < -0.4 is 5.32 Å². The van der Waals surface area contributed by atoms with Gasteiger partial charge in [-0.25, -0.2) is 8.42 Å². The summed E-state index contributed by atoms with van der Waals surface area (Å²) in [4.78, 5) is 12.7. The van der Waals surface area contributed by atoms with E-state index < -0.39 is 10.0 Å². The Morgan fingerprint density at radius 3 is 2.67 bits per heavy atom. The van der Waals surface area contributed by atoms with Crippen molar-refractivity contribution in [3.8, 4) is 0 Å². The van der Waals surface area contributed by atoms with Crippen LogP contribution in [0.5, 0.6) is 0 Å². The molecule has 150 valence electrons. The minimum Gasteiger partial charge on any atom is -0.379 e. The molecule has 0 radical (unpaired) electrons. The standard InChI is InChI=1S/C19H28N2O4S2/c1-15-6-7-16(19(22)20-8-13-26-17-4-2-3-5-17)14-18(15)27(23,24)21-9-11-25-12-10-21/h6-7,14,17H,2-5,8-13H2,1H3,(H,20,22). The second-order valence-corrected chi connectivity index (χ2v) is 10.3. The van der Waals surface area contributed by atoms with Crippen molar-refractivity contribution in [1.29, 1.82) is 0 Å². The van der Waals surface area contributed by atoms with Crippen LogP contribution in [-0.2, 0) is 14.8 Å². The third kappa shape index (κ3) is 5.25. The number of nitrogens with one attached hydrogen (secondary N) is 1. The molecule has 1 aromatic rings. The molecule has 1 saturated heterocycles. The van der Waals surface area contributed by atoms with Gasteiger partial charge in [-0.15, -0.1) is 0 Å². The highest BCUT2D eigenvalue weighted by molar-refractivity contribution is 7.99. The van der Waals surface area contributed by atoms with E-state index in [1.165, 1.54) is 36.1 Å². The van der Waals surface area contributed by atoms with Gasteiger partial charge in [-0.1, -0.05) is 18.9 Å². The van der Waals surface area contributed by atoms with Crippen LogP contribution in [0.1, 0.15) is 41.6 Å². The van der Waals surface area contributed by atoms with Crippen molar-refractivity contribution in [2.45, 2.75) is 42.8 Å². The van der Waals surface area contributed by atoms with Crippen LogP contribution in [0.15, 0.2) is 23.1 Å². The van der Waals surface area contributed by atoms with Crippen LogP contribution in [0, 0.1) is 6.92 Å². The molecule has 0 spiro atoms. The number of ether oxygens (including phenoxy) is 1. The van der Waals surface area contributed by atoms with Gasteiger partial charge in [-0.3, -0.25) is 4.79 Å². The Morgan fingerprint density at radius 2 is 1.96 bits per heavy atom. The first-order valence-corrected chi connectivity index (χ1v) is 12.1.